The second kappa shape index (κ2) is 6.96. The number of rotatable bonds is 4. The SMILES string of the molecule is O=C(Nc1ccc(CN2CCOCC2)c(Cl)c1)c1ccoc1. The predicted octanol–water partition coefficient (Wildman–Crippen LogP) is 3.02. The van der Waals surface area contributed by atoms with E-state index in [0.29, 0.717) is 16.3 Å². The Morgan fingerprint density at radius 2 is 2.09 bits per heavy atom. The van der Waals surface area contributed by atoms with E-state index in [2.05, 4.69) is 10.2 Å². The highest BCUT2D eigenvalue weighted by molar-refractivity contribution is 6.31. The van der Waals surface area contributed by atoms with E-state index in [1.54, 1.807) is 12.1 Å². The summed E-state index contributed by atoms with van der Waals surface area (Å²) in [5.74, 6) is -0.217. The van der Waals surface area contributed by atoms with Crippen molar-refractivity contribution in [2.24, 2.45) is 0 Å². The van der Waals surface area contributed by atoms with E-state index < -0.39 is 0 Å². The minimum atomic E-state index is -0.217. The standard InChI is InChI=1S/C16H17ClN2O3/c17-15-9-14(18-16(20)13-3-6-22-11-13)2-1-12(15)10-19-4-7-21-8-5-19/h1-3,6,9,11H,4-5,7-8,10H2,(H,18,20). The molecule has 22 heavy (non-hydrogen) atoms. The van der Waals surface area contributed by atoms with Gasteiger partial charge in [0, 0.05) is 30.3 Å². The Bertz CT molecular complexity index is 637. The van der Waals surface area contributed by atoms with Gasteiger partial charge in [0.25, 0.3) is 5.91 Å². The lowest BCUT2D eigenvalue weighted by Crippen LogP contribution is -2.35. The fourth-order valence-electron chi connectivity index (χ4n) is 2.35. The third-order valence-corrected chi connectivity index (χ3v) is 3.94. The highest BCUT2D eigenvalue weighted by atomic mass is 35.5. The number of amides is 1. The number of hydrogen-bond acceptors (Lipinski definition) is 4. The van der Waals surface area contributed by atoms with Gasteiger partial charge in [0.1, 0.15) is 6.26 Å². The molecule has 1 aliphatic rings. The number of nitrogens with one attached hydrogen (secondary N) is 1. The average Bonchev–Trinajstić information content (AvgIpc) is 3.05. The zero-order chi connectivity index (χ0) is 15.4. The number of carbonyl (C=O) groups is 1. The molecule has 1 fully saturated rings. The summed E-state index contributed by atoms with van der Waals surface area (Å²) in [7, 11) is 0. The lowest BCUT2D eigenvalue weighted by molar-refractivity contribution is 0.0342. The topological polar surface area (TPSA) is 54.7 Å². The van der Waals surface area contributed by atoms with E-state index in [1.807, 2.05) is 12.1 Å². The Morgan fingerprint density at radius 1 is 1.27 bits per heavy atom. The maximum Gasteiger partial charge on any atom is 0.258 e. The third-order valence-electron chi connectivity index (χ3n) is 3.59. The second-order valence-electron chi connectivity index (χ2n) is 5.16. The number of anilines is 1. The van der Waals surface area contributed by atoms with Crippen LogP contribution in [0.1, 0.15) is 15.9 Å². The van der Waals surface area contributed by atoms with Crippen molar-refractivity contribution in [3.63, 3.8) is 0 Å². The number of halogens is 1. The molecule has 5 nitrogen and oxygen atoms in total. The van der Waals surface area contributed by atoms with E-state index in [-0.39, 0.29) is 5.91 Å². The molecule has 0 spiro atoms. The van der Waals surface area contributed by atoms with Gasteiger partial charge < -0.3 is 14.5 Å². The quantitative estimate of drug-likeness (QED) is 0.941. The summed E-state index contributed by atoms with van der Waals surface area (Å²) in [4.78, 5) is 14.3. The first kappa shape index (κ1) is 15.1. The molecular formula is C16H17ClN2O3. The molecule has 1 saturated heterocycles. The van der Waals surface area contributed by atoms with E-state index in [0.717, 1.165) is 38.4 Å². The smallest absolute Gasteiger partial charge is 0.258 e. The highest BCUT2D eigenvalue weighted by Crippen LogP contribution is 2.23. The van der Waals surface area contributed by atoms with Gasteiger partial charge >= 0.3 is 0 Å². The van der Waals surface area contributed by atoms with Gasteiger partial charge in [-0.05, 0) is 23.8 Å². The number of morpholine rings is 1. The number of hydrogen-bond donors (Lipinski definition) is 1. The van der Waals surface area contributed by atoms with Crippen molar-refractivity contribution in [2.45, 2.75) is 6.54 Å². The van der Waals surface area contributed by atoms with Gasteiger partial charge in [0.05, 0.1) is 25.0 Å². The molecule has 0 radical (unpaired) electrons. The van der Waals surface area contributed by atoms with E-state index in [1.165, 1.54) is 12.5 Å². The molecule has 1 aromatic carbocycles. The summed E-state index contributed by atoms with van der Waals surface area (Å²) < 4.78 is 10.2. The first-order valence-corrected chi connectivity index (χ1v) is 7.52. The first-order valence-electron chi connectivity index (χ1n) is 7.14. The zero-order valence-corrected chi connectivity index (χ0v) is 12.8. The summed E-state index contributed by atoms with van der Waals surface area (Å²) in [5, 5.41) is 3.45. The minimum Gasteiger partial charge on any atom is -0.472 e. The van der Waals surface area contributed by atoms with Crippen molar-refractivity contribution >= 4 is 23.2 Å². The van der Waals surface area contributed by atoms with Crippen LogP contribution in [0.2, 0.25) is 5.02 Å². The number of nitrogens with zero attached hydrogens (tertiary/aromatic N) is 1. The molecule has 1 N–H and O–H groups in total. The summed E-state index contributed by atoms with van der Waals surface area (Å²) in [6, 6.07) is 7.20. The van der Waals surface area contributed by atoms with Crippen LogP contribution in [0.5, 0.6) is 0 Å². The van der Waals surface area contributed by atoms with Crippen LogP contribution >= 0.6 is 11.6 Å². The molecule has 2 aromatic rings. The Kier molecular flexibility index (Phi) is 4.77. The zero-order valence-electron chi connectivity index (χ0n) is 12.0. The van der Waals surface area contributed by atoms with Crippen LogP contribution < -0.4 is 5.32 Å². The van der Waals surface area contributed by atoms with Gasteiger partial charge in [-0.3, -0.25) is 9.69 Å². The third kappa shape index (κ3) is 3.68. The second-order valence-corrected chi connectivity index (χ2v) is 5.57. The summed E-state index contributed by atoms with van der Waals surface area (Å²) in [6.07, 6.45) is 2.87. The molecule has 116 valence electrons. The van der Waals surface area contributed by atoms with Gasteiger partial charge in [-0.1, -0.05) is 17.7 Å². The van der Waals surface area contributed by atoms with E-state index in [9.17, 15) is 4.79 Å². The highest BCUT2D eigenvalue weighted by Gasteiger charge is 2.13. The number of ether oxygens (including phenoxy) is 1. The van der Waals surface area contributed by atoms with Gasteiger partial charge in [-0.2, -0.15) is 0 Å². The van der Waals surface area contributed by atoms with Crippen molar-refractivity contribution in [1.82, 2.24) is 4.90 Å². The lowest BCUT2D eigenvalue weighted by atomic mass is 10.1. The fourth-order valence-corrected chi connectivity index (χ4v) is 2.59. The molecule has 1 aromatic heterocycles. The summed E-state index contributed by atoms with van der Waals surface area (Å²) >= 11 is 6.33. The van der Waals surface area contributed by atoms with Crippen molar-refractivity contribution < 1.29 is 13.9 Å². The molecule has 0 bridgehead atoms. The van der Waals surface area contributed by atoms with Crippen LogP contribution in [0.3, 0.4) is 0 Å². The number of furan rings is 1. The van der Waals surface area contributed by atoms with Crippen LogP contribution in [0.4, 0.5) is 5.69 Å². The van der Waals surface area contributed by atoms with E-state index >= 15 is 0 Å². The van der Waals surface area contributed by atoms with E-state index in [4.69, 9.17) is 20.8 Å². The van der Waals surface area contributed by atoms with Gasteiger partial charge in [-0.15, -0.1) is 0 Å². The largest absolute Gasteiger partial charge is 0.472 e. The Labute approximate surface area is 133 Å². The lowest BCUT2D eigenvalue weighted by Gasteiger charge is -2.27. The monoisotopic (exact) mass is 320 g/mol. The van der Waals surface area contributed by atoms with Crippen LogP contribution in [0, 0.1) is 0 Å². The molecule has 0 unspecified atom stereocenters. The maximum absolute atomic E-state index is 12.0. The molecule has 0 saturated carbocycles. The van der Waals surface area contributed by atoms with Gasteiger partial charge in [-0.25, -0.2) is 0 Å². The number of benzene rings is 1. The molecule has 6 heteroatoms. The maximum atomic E-state index is 12.0. The van der Waals surface area contributed by atoms with Crippen LogP contribution in [-0.4, -0.2) is 37.1 Å². The van der Waals surface area contributed by atoms with Crippen molar-refractivity contribution in [3.05, 3.63) is 52.9 Å². The molecular weight excluding hydrogens is 304 g/mol. The normalized spacial score (nSPS) is 15.7. The van der Waals surface area contributed by atoms with Crippen LogP contribution in [0.25, 0.3) is 0 Å². The fraction of sp³-hybridized carbons (Fsp3) is 0.312. The summed E-state index contributed by atoms with van der Waals surface area (Å²) in [5.41, 5.74) is 2.19. The van der Waals surface area contributed by atoms with Crippen molar-refractivity contribution in [3.8, 4) is 0 Å². The van der Waals surface area contributed by atoms with Crippen molar-refractivity contribution in [2.75, 3.05) is 31.6 Å². The van der Waals surface area contributed by atoms with Crippen molar-refractivity contribution in [1.29, 1.82) is 0 Å². The Hall–Kier alpha value is -1.82. The van der Waals surface area contributed by atoms with Gasteiger partial charge in [0.2, 0.25) is 0 Å². The van der Waals surface area contributed by atoms with Crippen LogP contribution in [0.15, 0.2) is 41.2 Å². The summed E-state index contributed by atoms with van der Waals surface area (Å²) in [6.45, 7) is 4.13. The Morgan fingerprint density at radius 3 is 2.77 bits per heavy atom. The average molecular weight is 321 g/mol. The Balaban J connectivity index is 1.65. The molecule has 0 aliphatic carbocycles. The molecule has 1 amide bonds. The minimum absolute atomic E-state index is 0.217. The number of carbonyl (C=O) groups excluding carboxylic acids is 1. The first-order chi connectivity index (χ1) is 10.7. The molecule has 1 aliphatic heterocycles. The molecule has 2 heterocycles. The predicted molar refractivity (Wildman–Crippen MR) is 84.2 cm³/mol. The molecule has 0 atom stereocenters. The van der Waals surface area contributed by atoms with Crippen LogP contribution in [-0.2, 0) is 11.3 Å². The molecule has 3 rings (SSSR count). The van der Waals surface area contributed by atoms with Gasteiger partial charge in [0.15, 0.2) is 0 Å².